The van der Waals surface area contributed by atoms with E-state index in [2.05, 4.69) is 36.3 Å². The fourth-order valence-corrected chi connectivity index (χ4v) is 5.08. The highest BCUT2D eigenvalue weighted by atomic mass is 32.1. The van der Waals surface area contributed by atoms with E-state index in [1.54, 1.807) is 11.3 Å². The third-order valence-electron chi connectivity index (χ3n) is 5.66. The minimum Gasteiger partial charge on any atom is -0.361 e. The molecular weight excluding hydrogens is 324 g/mol. The first kappa shape index (κ1) is 16.6. The van der Waals surface area contributed by atoms with E-state index in [0.717, 1.165) is 16.5 Å². The zero-order valence-corrected chi connectivity index (χ0v) is 15.7. The molecule has 0 bridgehead atoms. The minimum absolute atomic E-state index is 0.706. The molecule has 1 aromatic carbocycles. The SMILES string of the molecule is CCCC1CCC(c2c[nH]c3ccc(CC(=N)c4cccs4)cc23)C1. The molecule has 0 spiro atoms. The van der Waals surface area contributed by atoms with E-state index in [-0.39, 0.29) is 0 Å². The van der Waals surface area contributed by atoms with Crippen molar-refractivity contribution in [3.05, 3.63) is 57.9 Å². The lowest BCUT2D eigenvalue weighted by Crippen LogP contribution is -2.01. The van der Waals surface area contributed by atoms with Gasteiger partial charge in [0.05, 0.1) is 5.71 Å². The molecule has 2 atom stereocenters. The summed E-state index contributed by atoms with van der Waals surface area (Å²) < 4.78 is 0. The molecule has 0 aliphatic heterocycles. The van der Waals surface area contributed by atoms with Crippen LogP contribution in [0.3, 0.4) is 0 Å². The predicted molar refractivity (Wildman–Crippen MR) is 108 cm³/mol. The Bertz CT molecular complexity index is 859. The lowest BCUT2D eigenvalue weighted by molar-refractivity contribution is 0.489. The van der Waals surface area contributed by atoms with Crippen molar-refractivity contribution in [3.63, 3.8) is 0 Å². The van der Waals surface area contributed by atoms with Crippen LogP contribution >= 0.6 is 11.3 Å². The van der Waals surface area contributed by atoms with Crippen LogP contribution in [0.5, 0.6) is 0 Å². The Labute approximate surface area is 153 Å². The monoisotopic (exact) mass is 350 g/mol. The van der Waals surface area contributed by atoms with Gasteiger partial charge >= 0.3 is 0 Å². The number of rotatable bonds is 6. The Morgan fingerprint density at radius 2 is 2.20 bits per heavy atom. The van der Waals surface area contributed by atoms with Gasteiger partial charge in [0.15, 0.2) is 0 Å². The second-order valence-corrected chi connectivity index (χ2v) is 8.37. The molecule has 3 aromatic rings. The third kappa shape index (κ3) is 3.43. The summed E-state index contributed by atoms with van der Waals surface area (Å²) >= 11 is 1.65. The van der Waals surface area contributed by atoms with Crippen LogP contribution in [0.2, 0.25) is 0 Å². The molecule has 25 heavy (non-hydrogen) atoms. The lowest BCUT2D eigenvalue weighted by atomic mass is 9.93. The van der Waals surface area contributed by atoms with E-state index in [9.17, 15) is 0 Å². The molecule has 2 N–H and O–H groups in total. The van der Waals surface area contributed by atoms with Gasteiger partial charge in [0, 0.05) is 28.4 Å². The highest BCUT2D eigenvalue weighted by Gasteiger charge is 2.27. The molecule has 1 aliphatic carbocycles. The van der Waals surface area contributed by atoms with Crippen molar-refractivity contribution in [2.24, 2.45) is 5.92 Å². The zero-order chi connectivity index (χ0) is 17.2. The quantitative estimate of drug-likeness (QED) is 0.475. The van der Waals surface area contributed by atoms with Crippen LogP contribution in [0.1, 0.15) is 60.9 Å². The van der Waals surface area contributed by atoms with Crippen molar-refractivity contribution in [1.82, 2.24) is 4.98 Å². The van der Waals surface area contributed by atoms with Gasteiger partial charge in [0.2, 0.25) is 0 Å². The number of hydrogen-bond donors (Lipinski definition) is 2. The summed E-state index contributed by atoms with van der Waals surface area (Å²) in [4.78, 5) is 4.54. The Balaban J connectivity index is 1.57. The zero-order valence-electron chi connectivity index (χ0n) is 14.8. The first-order valence-corrected chi connectivity index (χ1v) is 10.3. The summed E-state index contributed by atoms with van der Waals surface area (Å²) in [5.41, 5.74) is 4.70. The van der Waals surface area contributed by atoms with Crippen LogP contribution in [0.15, 0.2) is 41.9 Å². The Morgan fingerprint density at radius 1 is 1.28 bits per heavy atom. The Morgan fingerprint density at radius 3 is 3.00 bits per heavy atom. The Hall–Kier alpha value is -1.87. The normalized spacial score (nSPS) is 20.4. The second kappa shape index (κ2) is 7.17. The van der Waals surface area contributed by atoms with Crippen LogP contribution < -0.4 is 0 Å². The molecule has 1 saturated carbocycles. The van der Waals surface area contributed by atoms with E-state index in [4.69, 9.17) is 5.41 Å². The summed E-state index contributed by atoms with van der Waals surface area (Å²) in [5.74, 6) is 1.62. The van der Waals surface area contributed by atoms with Gasteiger partial charge in [-0.2, -0.15) is 0 Å². The van der Waals surface area contributed by atoms with Gasteiger partial charge < -0.3 is 10.4 Å². The average Bonchev–Trinajstić information content (AvgIpc) is 3.35. The van der Waals surface area contributed by atoms with Crippen LogP contribution in [-0.2, 0) is 6.42 Å². The van der Waals surface area contributed by atoms with Crippen molar-refractivity contribution >= 4 is 28.0 Å². The molecule has 130 valence electrons. The van der Waals surface area contributed by atoms with Crippen LogP contribution in [-0.4, -0.2) is 10.7 Å². The van der Waals surface area contributed by atoms with E-state index >= 15 is 0 Å². The molecule has 0 amide bonds. The number of H-pyrrole nitrogens is 1. The molecule has 2 nitrogen and oxygen atoms in total. The number of nitrogens with one attached hydrogen (secondary N) is 2. The van der Waals surface area contributed by atoms with Gasteiger partial charge in [0.25, 0.3) is 0 Å². The Kier molecular flexibility index (Phi) is 4.76. The molecular formula is C22H26N2S. The third-order valence-corrected chi connectivity index (χ3v) is 6.59. The topological polar surface area (TPSA) is 39.6 Å². The second-order valence-electron chi connectivity index (χ2n) is 7.42. The maximum absolute atomic E-state index is 8.35. The number of fused-ring (bicyclic) bond motifs is 1. The van der Waals surface area contributed by atoms with Gasteiger partial charge in [-0.15, -0.1) is 11.3 Å². The van der Waals surface area contributed by atoms with Crippen molar-refractivity contribution in [2.75, 3.05) is 0 Å². The predicted octanol–water partition coefficient (Wildman–Crippen LogP) is 6.52. The average molecular weight is 351 g/mol. The lowest BCUT2D eigenvalue weighted by Gasteiger charge is -2.11. The van der Waals surface area contributed by atoms with Crippen molar-refractivity contribution in [2.45, 2.75) is 51.4 Å². The summed E-state index contributed by atoms with van der Waals surface area (Å²) in [5, 5.41) is 11.8. The highest BCUT2D eigenvalue weighted by Crippen LogP contribution is 2.42. The summed E-state index contributed by atoms with van der Waals surface area (Å²) in [6.07, 6.45) is 9.68. The molecule has 4 rings (SSSR count). The van der Waals surface area contributed by atoms with E-state index < -0.39 is 0 Å². The van der Waals surface area contributed by atoms with E-state index in [0.29, 0.717) is 12.3 Å². The van der Waals surface area contributed by atoms with Crippen LogP contribution in [0.4, 0.5) is 0 Å². The maximum Gasteiger partial charge on any atom is 0.0529 e. The van der Waals surface area contributed by atoms with Gasteiger partial charge in [0.1, 0.15) is 0 Å². The molecule has 3 heteroatoms. The number of benzene rings is 1. The fourth-order valence-electron chi connectivity index (χ4n) is 4.41. The van der Waals surface area contributed by atoms with E-state index in [1.807, 2.05) is 17.5 Å². The standard InChI is InChI=1S/C22H26N2S/c1-2-4-15-6-8-17(11-15)19-14-24-21-9-7-16(12-18(19)21)13-20(23)22-5-3-10-25-22/h3,5,7,9-10,12,14-15,17,23-24H,2,4,6,8,11,13H2,1H3. The largest absolute Gasteiger partial charge is 0.361 e. The van der Waals surface area contributed by atoms with Crippen molar-refractivity contribution < 1.29 is 0 Å². The summed E-state index contributed by atoms with van der Waals surface area (Å²) in [6.45, 7) is 2.30. The summed E-state index contributed by atoms with van der Waals surface area (Å²) in [7, 11) is 0. The molecule has 2 aromatic heterocycles. The van der Waals surface area contributed by atoms with Crippen molar-refractivity contribution in [1.29, 1.82) is 5.41 Å². The van der Waals surface area contributed by atoms with Crippen LogP contribution in [0.25, 0.3) is 10.9 Å². The summed E-state index contributed by atoms with van der Waals surface area (Å²) in [6, 6.07) is 10.7. The highest BCUT2D eigenvalue weighted by molar-refractivity contribution is 7.12. The smallest absolute Gasteiger partial charge is 0.0529 e. The molecule has 0 saturated heterocycles. The first-order valence-electron chi connectivity index (χ1n) is 9.45. The first-order chi connectivity index (χ1) is 12.2. The van der Waals surface area contributed by atoms with Gasteiger partial charge in [-0.1, -0.05) is 31.9 Å². The molecule has 1 fully saturated rings. The number of aromatic amines is 1. The minimum atomic E-state index is 0.706. The molecule has 1 aliphatic rings. The number of aromatic nitrogens is 1. The number of thiophene rings is 1. The number of hydrogen-bond acceptors (Lipinski definition) is 2. The molecule has 0 radical (unpaired) electrons. The van der Waals surface area contributed by atoms with Crippen LogP contribution in [0, 0.1) is 11.3 Å². The maximum atomic E-state index is 8.35. The van der Waals surface area contributed by atoms with Gasteiger partial charge in [-0.05, 0) is 65.8 Å². The van der Waals surface area contributed by atoms with Crippen molar-refractivity contribution in [3.8, 4) is 0 Å². The fraction of sp³-hybridized carbons (Fsp3) is 0.409. The van der Waals surface area contributed by atoms with Gasteiger partial charge in [-0.3, -0.25) is 0 Å². The van der Waals surface area contributed by atoms with E-state index in [1.165, 1.54) is 54.1 Å². The molecule has 2 heterocycles. The van der Waals surface area contributed by atoms with Gasteiger partial charge in [-0.25, -0.2) is 0 Å². The molecule has 2 unspecified atom stereocenters.